The number of amides is 1. The van der Waals surface area contributed by atoms with Crippen molar-refractivity contribution in [2.24, 2.45) is 5.92 Å². The first kappa shape index (κ1) is 14.6. The fourth-order valence-electron chi connectivity index (χ4n) is 3.39. The van der Waals surface area contributed by atoms with Gasteiger partial charge in [0.05, 0.1) is 19.3 Å². The van der Waals surface area contributed by atoms with Crippen LogP contribution in [0.15, 0.2) is 12.4 Å². The van der Waals surface area contributed by atoms with Crippen molar-refractivity contribution in [1.82, 2.24) is 14.7 Å². The third-order valence-electron chi connectivity index (χ3n) is 4.71. The van der Waals surface area contributed by atoms with Crippen molar-refractivity contribution < 1.29 is 9.53 Å². The first-order valence-corrected chi connectivity index (χ1v) is 8.18. The van der Waals surface area contributed by atoms with E-state index in [1.807, 2.05) is 22.0 Å². The first-order chi connectivity index (χ1) is 10.3. The lowest BCUT2D eigenvalue weighted by molar-refractivity contribution is -0.140. The molecule has 2 heterocycles. The minimum atomic E-state index is -0.0217. The first-order valence-electron chi connectivity index (χ1n) is 8.18. The maximum absolute atomic E-state index is 12.4. The van der Waals surface area contributed by atoms with Gasteiger partial charge in [-0.15, -0.1) is 0 Å². The summed E-state index contributed by atoms with van der Waals surface area (Å²) in [4.78, 5) is 14.4. The van der Waals surface area contributed by atoms with E-state index < -0.39 is 0 Å². The topological polar surface area (TPSA) is 47.4 Å². The standard InChI is InChI=1S/C16H25N3O2/c1-2-19-11-14(10-17-19)15-12-18(7-8-21-15)16(20)9-13-5-3-4-6-13/h10-11,13,15H,2-9,12H2,1H3/t15-/m1/s1. The molecule has 116 valence electrons. The molecule has 1 saturated heterocycles. The predicted molar refractivity (Wildman–Crippen MR) is 79.7 cm³/mol. The van der Waals surface area contributed by atoms with Crippen molar-refractivity contribution in [3.8, 4) is 0 Å². The molecule has 21 heavy (non-hydrogen) atoms. The van der Waals surface area contributed by atoms with Crippen LogP contribution in [0.3, 0.4) is 0 Å². The van der Waals surface area contributed by atoms with Crippen LogP contribution in [-0.4, -0.2) is 40.3 Å². The number of carbonyl (C=O) groups is 1. The number of rotatable bonds is 4. The zero-order valence-electron chi connectivity index (χ0n) is 12.8. The molecule has 0 spiro atoms. The Kier molecular flexibility index (Phi) is 4.58. The number of aromatic nitrogens is 2. The van der Waals surface area contributed by atoms with Crippen molar-refractivity contribution in [3.05, 3.63) is 18.0 Å². The third-order valence-corrected chi connectivity index (χ3v) is 4.71. The average Bonchev–Trinajstić information content (AvgIpc) is 3.18. The summed E-state index contributed by atoms with van der Waals surface area (Å²) in [5.41, 5.74) is 1.08. The van der Waals surface area contributed by atoms with Crippen LogP contribution >= 0.6 is 0 Å². The van der Waals surface area contributed by atoms with Gasteiger partial charge in [-0.25, -0.2) is 0 Å². The number of morpholine rings is 1. The van der Waals surface area contributed by atoms with E-state index in [1.54, 1.807) is 0 Å². The largest absolute Gasteiger partial charge is 0.370 e. The summed E-state index contributed by atoms with van der Waals surface area (Å²) < 4.78 is 7.73. The summed E-state index contributed by atoms with van der Waals surface area (Å²) in [6.45, 7) is 4.94. The summed E-state index contributed by atoms with van der Waals surface area (Å²) in [7, 11) is 0. The molecule has 2 fully saturated rings. The van der Waals surface area contributed by atoms with Gasteiger partial charge in [0, 0.05) is 31.3 Å². The second-order valence-corrected chi connectivity index (χ2v) is 6.18. The molecule has 1 saturated carbocycles. The minimum Gasteiger partial charge on any atom is -0.370 e. The Bertz CT molecular complexity index is 480. The smallest absolute Gasteiger partial charge is 0.223 e. The number of nitrogens with zero attached hydrogens (tertiary/aromatic N) is 3. The Morgan fingerprint density at radius 1 is 1.43 bits per heavy atom. The number of hydrogen-bond acceptors (Lipinski definition) is 3. The molecule has 1 aliphatic heterocycles. The van der Waals surface area contributed by atoms with Crippen LogP contribution in [0.5, 0.6) is 0 Å². The van der Waals surface area contributed by atoms with Gasteiger partial charge < -0.3 is 9.64 Å². The maximum atomic E-state index is 12.4. The van der Waals surface area contributed by atoms with E-state index in [-0.39, 0.29) is 6.10 Å². The monoisotopic (exact) mass is 291 g/mol. The molecule has 2 aliphatic rings. The molecular weight excluding hydrogens is 266 g/mol. The van der Waals surface area contributed by atoms with Crippen LogP contribution in [0.25, 0.3) is 0 Å². The van der Waals surface area contributed by atoms with Crippen LogP contribution < -0.4 is 0 Å². The quantitative estimate of drug-likeness (QED) is 0.855. The number of carbonyl (C=O) groups excluding carboxylic acids is 1. The van der Waals surface area contributed by atoms with Crippen LogP contribution in [0.4, 0.5) is 0 Å². The lowest BCUT2D eigenvalue weighted by Gasteiger charge is -2.33. The molecule has 0 bridgehead atoms. The highest BCUT2D eigenvalue weighted by Crippen LogP contribution is 2.29. The van der Waals surface area contributed by atoms with Crippen LogP contribution in [0.1, 0.15) is 50.7 Å². The van der Waals surface area contributed by atoms with Gasteiger partial charge in [-0.2, -0.15) is 5.10 Å². The predicted octanol–water partition coefficient (Wildman–Crippen LogP) is 2.38. The lowest BCUT2D eigenvalue weighted by atomic mass is 10.0. The maximum Gasteiger partial charge on any atom is 0.223 e. The van der Waals surface area contributed by atoms with Crippen molar-refractivity contribution in [1.29, 1.82) is 0 Å². The highest BCUT2D eigenvalue weighted by atomic mass is 16.5. The third kappa shape index (κ3) is 3.46. The SMILES string of the molecule is CCn1cc([C@H]2CN(C(=O)CC3CCCC3)CCO2)cn1. The molecule has 1 aliphatic carbocycles. The van der Waals surface area contributed by atoms with Gasteiger partial charge in [0.1, 0.15) is 6.10 Å². The highest BCUT2D eigenvalue weighted by Gasteiger charge is 2.28. The summed E-state index contributed by atoms with van der Waals surface area (Å²) >= 11 is 0. The fraction of sp³-hybridized carbons (Fsp3) is 0.750. The van der Waals surface area contributed by atoms with Gasteiger partial charge in [-0.3, -0.25) is 9.48 Å². The molecule has 5 nitrogen and oxygen atoms in total. The number of hydrogen-bond donors (Lipinski definition) is 0. The molecule has 0 unspecified atom stereocenters. The van der Waals surface area contributed by atoms with Crippen molar-refractivity contribution in [2.75, 3.05) is 19.7 Å². The fourth-order valence-corrected chi connectivity index (χ4v) is 3.39. The zero-order valence-corrected chi connectivity index (χ0v) is 12.8. The number of ether oxygens (including phenoxy) is 1. The molecule has 1 aromatic heterocycles. The second kappa shape index (κ2) is 6.60. The molecule has 1 atom stereocenters. The van der Waals surface area contributed by atoms with Gasteiger partial charge in [0.15, 0.2) is 0 Å². The van der Waals surface area contributed by atoms with E-state index in [0.717, 1.165) is 25.1 Å². The Labute approximate surface area is 126 Å². The molecular formula is C16H25N3O2. The van der Waals surface area contributed by atoms with Crippen LogP contribution in [-0.2, 0) is 16.1 Å². The minimum absolute atomic E-state index is 0.0217. The Morgan fingerprint density at radius 3 is 2.95 bits per heavy atom. The van der Waals surface area contributed by atoms with Gasteiger partial charge in [-0.05, 0) is 25.7 Å². The van der Waals surface area contributed by atoms with Crippen LogP contribution in [0.2, 0.25) is 0 Å². The van der Waals surface area contributed by atoms with Gasteiger partial charge in [0.2, 0.25) is 5.91 Å². The van der Waals surface area contributed by atoms with E-state index >= 15 is 0 Å². The van der Waals surface area contributed by atoms with Crippen molar-refractivity contribution in [2.45, 2.75) is 51.7 Å². The Hall–Kier alpha value is -1.36. The van der Waals surface area contributed by atoms with E-state index in [2.05, 4.69) is 12.0 Å². The molecule has 1 amide bonds. The Balaban J connectivity index is 1.58. The summed E-state index contributed by atoms with van der Waals surface area (Å²) in [6, 6.07) is 0. The van der Waals surface area contributed by atoms with Gasteiger partial charge >= 0.3 is 0 Å². The van der Waals surface area contributed by atoms with E-state index in [4.69, 9.17) is 4.74 Å². The molecule has 5 heteroatoms. The molecule has 0 N–H and O–H groups in total. The van der Waals surface area contributed by atoms with Gasteiger partial charge in [0.25, 0.3) is 0 Å². The normalized spacial score (nSPS) is 23.7. The zero-order chi connectivity index (χ0) is 14.7. The summed E-state index contributed by atoms with van der Waals surface area (Å²) in [5.74, 6) is 0.916. The highest BCUT2D eigenvalue weighted by molar-refractivity contribution is 5.76. The summed E-state index contributed by atoms with van der Waals surface area (Å²) in [5, 5.41) is 4.30. The lowest BCUT2D eigenvalue weighted by Crippen LogP contribution is -2.42. The molecule has 0 radical (unpaired) electrons. The molecule has 1 aromatic rings. The molecule has 0 aromatic carbocycles. The van der Waals surface area contributed by atoms with Crippen molar-refractivity contribution in [3.63, 3.8) is 0 Å². The second-order valence-electron chi connectivity index (χ2n) is 6.18. The average molecular weight is 291 g/mol. The molecule has 3 rings (SSSR count). The van der Waals surface area contributed by atoms with Crippen molar-refractivity contribution >= 4 is 5.91 Å². The number of aryl methyl sites for hydroxylation is 1. The van der Waals surface area contributed by atoms with Crippen LogP contribution in [0, 0.1) is 5.92 Å². The van der Waals surface area contributed by atoms with E-state index in [0.29, 0.717) is 25.0 Å². The van der Waals surface area contributed by atoms with E-state index in [1.165, 1.54) is 25.7 Å². The van der Waals surface area contributed by atoms with E-state index in [9.17, 15) is 4.79 Å². The Morgan fingerprint density at radius 2 is 2.24 bits per heavy atom. The van der Waals surface area contributed by atoms with Gasteiger partial charge in [-0.1, -0.05) is 12.8 Å². The summed E-state index contributed by atoms with van der Waals surface area (Å²) in [6.07, 6.45) is 9.62.